The van der Waals surface area contributed by atoms with E-state index in [0.717, 1.165) is 4.31 Å². The number of rotatable bonds is 8. The van der Waals surface area contributed by atoms with Gasteiger partial charge in [-0.1, -0.05) is 20.8 Å². The second-order valence-corrected chi connectivity index (χ2v) is 6.35. The first-order chi connectivity index (χ1) is 8.62. The van der Waals surface area contributed by atoms with Crippen molar-refractivity contribution in [1.29, 1.82) is 0 Å². The molecule has 0 bridgehead atoms. The quantitative estimate of drug-likeness (QED) is 0.657. The molecule has 112 valence electrons. The minimum absolute atomic E-state index is 0.166. The lowest BCUT2D eigenvalue weighted by molar-refractivity contribution is -0.146. The number of amides is 1. The van der Waals surface area contributed by atoms with Gasteiger partial charge in [0.25, 0.3) is 0 Å². The highest BCUT2D eigenvalue weighted by Crippen LogP contribution is 2.10. The van der Waals surface area contributed by atoms with E-state index in [0.29, 0.717) is 0 Å². The highest BCUT2D eigenvalue weighted by atomic mass is 32.2. The van der Waals surface area contributed by atoms with Crippen LogP contribution < -0.4 is 5.32 Å². The normalized spacial score (nSPS) is 15.0. The van der Waals surface area contributed by atoms with Gasteiger partial charge in [-0.2, -0.15) is 0 Å². The van der Waals surface area contributed by atoms with Crippen LogP contribution in [0.15, 0.2) is 0 Å². The SMILES string of the molecule is CCN(CC)S(=O)(=O)CC(=O)NC(C)(CC)C(=O)O. The summed E-state index contributed by atoms with van der Waals surface area (Å²) in [6.07, 6.45) is 0.166. The lowest BCUT2D eigenvalue weighted by Gasteiger charge is -2.25. The van der Waals surface area contributed by atoms with Crippen molar-refractivity contribution in [3.63, 3.8) is 0 Å². The molecular weight excluding hydrogens is 272 g/mol. The van der Waals surface area contributed by atoms with Crippen molar-refractivity contribution in [2.75, 3.05) is 18.8 Å². The second kappa shape index (κ2) is 6.85. The van der Waals surface area contributed by atoms with E-state index < -0.39 is 33.2 Å². The molecule has 0 aromatic rings. The maximum atomic E-state index is 11.9. The summed E-state index contributed by atoms with van der Waals surface area (Å²) >= 11 is 0. The first kappa shape index (κ1) is 17.8. The Labute approximate surface area is 114 Å². The van der Waals surface area contributed by atoms with Gasteiger partial charge in [-0.3, -0.25) is 4.79 Å². The van der Waals surface area contributed by atoms with Gasteiger partial charge in [0.1, 0.15) is 11.3 Å². The summed E-state index contributed by atoms with van der Waals surface area (Å²) in [5.41, 5.74) is -1.45. The van der Waals surface area contributed by atoms with Crippen LogP contribution in [-0.4, -0.2) is 54.1 Å². The van der Waals surface area contributed by atoms with Crippen molar-refractivity contribution >= 4 is 21.9 Å². The lowest BCUT2D eigenvalue weighted by Crippen LogP contribution is -2.53. The molecule has 0 rings (SSSR count). The predicted molar refractivity (Wildman–Crippen MR) is 71.2 cm³/mol. The third kappa shape index (κ3) is 4.79. The minimum atomic E-state index is -3.70. The van der Waals surface area contributed by atoms with Crippen molar-refractivity contribution in [2.45, 2.75) is 39.7 Å². The molecule has 19 heavy (non-hydrogen) atoms. The second-order valence-electron chi connectivity index (χ2n) is 4.38. The van der Waals surface area contributed by atoms with Crippen LogP contribution in [-0.2, 0) is 19.6 Å². The maximum absolute atomic E-state index is 11.9. The Kier molecular flexibility index (Phi) is 6.44. The maximum Gasteiger partial charge on any atom is 0.329 e. The van der Waals surface area contributed by atoms with Crippen LogP contribution in [0.3, 0.4) is 0 Å². The van der Waals surface area contributed by atoms with Crippen molar-refractivity contribution in [2.24, 2.45) is 0 Å². The predicted octanol–water partition coefficient (Wildman–Crippen LogP) is 0.0275. The molecule has 0 fully saturated rings. The summed E-state index contributed by atoms with van der Waals surface area (Å²) in [5.74, 6) is -2.74. The fourth-order valence-corrected chi connectivity index (χ4v) is 2.88. The summed E-state index contributed by atoms with van der Waals surface area (Å²) in [4.78, 5) is 22.7. The van der Waals surface area contributed by atoms with Crippen molar-refractivity contribution in [3.05, 3.63) is 0 Å². The molecule has 0 saturated carbocycles. The topological polar surface area (TPSA) is 104 Å². The molecule has 0 radical (unpaired) electrons. The Morgan fingerprint density at radius 2 is 1.68 bits per heavy atom. The monoisotopic (exact) mass is 294 g/mol. The molecule has 0 aliphatic heterocycles. The van der Waals surface area contributed by atoms with Gasteiger partial charge in [0.05, 0.1) is 0 Å². The first-order valence-corrected chi connectivity index (χ1v) is 7.76. The lowest BCUT2D eigenvalue weighted by atomic mass is 9.99. The van der Waals surface area contributed by atoms with Gasteiger partial charge < -0.3 is 10.4 Å². The molecule has 2 N–H and O–H groups in total. The highest BCUT2D eigenvalue weighted by Gasteiger charge is 2.34. The smallest absolute Gasteiger partial charge is 0.329 e. The molecule has 0 spiro atoms. The molecule has 0 aliphatic carbocycles. The third-order valence-electron chi connectivity index (χ3n) is 3.01. The van der Waals surface area contributed by atoms with Crippen molar-refractivity contribution < 1.29 is 23.1 Å². The Balaban J connectivity index is 4.85. The average molecular weight is 294 g/mol. The number of sulfonamides is 1. The molecule has 0 aromatic carbocycles. The molecule has 7 nitrogen and oxygen atoms in total. The van der Waals surface area contributed by atoms with E-state index in [-0.39, 0.29) is 19.5 Å². The molecule has 1 atom stereocenters. The van der Waals surface area contributed by atoms with E-state index in [2.05, 4.69) is 5.32 Å². The first-order valence-electron chi connectivity index (χ1n) is 6.15. The molecule has 0 saturated heterocycles. The highest BCUT2D eigenvalue weighted by molar-refractivity contribution is 7.89. The van der Waals surface area contributed by atoms with E-state index in [1.807, 2.05) is 0 Å². The number of hydrogen-bond donors (Lipinski definition) is 2. The summed E-state index contributed by atoms with van der Waals surface area (Å²) < 4.78 is 24.9. The van der Waals surface area contributed by atoms with Crippen LogP contribution in [0.4, 0.5) is 0 Å². The number of carbonyl (C=O) groups is 2. The number of hydrogen-bond acceptors (Lipinski definition) is 4. The number of carboxylic acid groups (broad SMARTS) is 1. The van der Waals surface area contributed by atoms with E-state index in [1.54, 1.807) is 20.8 Å². The van der Waals surface area contributed by atoms with Gasteiger partial charge >= 0.3 is 5.97 Å². The van der Waals surface area contributed by atoms with Crippen LogP contribution in [0, 0.1) is 0 Å². The molecule has 0 aliphatic rings. The van der Waals surface area contributed by atoms with Gasteiger partial charge in [0.15, 0.2) is 0 Å². The van der Waals surface area contributed by atoms with E-state index >= 15 is 0 Å². The van der Waals surface area contributed by atoms with Crippen LogP contribution in [0.5, 0.6) is 0 Å². The summed E-state index contributed by atoms with van der Waals surface area (Å²) in [5, 5.41) is 11.3. The van der Waals surface area contributed by atoms with Crippen molar-refractivity contribution in [1.82, 2.24) is 9.62 Å². The van der Waals surface area contributed by atoms with Gasteiger partial charge in [-0.15, -0.1) is 0 Å². The van der Waals surface area contributed by atoms with Crippen LogP contribution >= 0.6 is 0 Å². The van der Waals surface area contributed by atoms with E-state index in [4.69, 9.17) is 5.11 Å². The van der Waals surface area contributed by atoms with Crippen LogP contribution in [0.1, 0.15) is 34.1 Å². The Bertz CT molecular complexity index is 430. The number of nitrogens with one attached hydrogen (secondary N) is 1. The largest absolute Gasteiger partial charge is 0.480 e. The van der Waals surface area contributed by atoms with Crippen LogP contribution in [0.25, 0.3) is 0 Å². The number of aliphatic carboxylic acids is 1. The molecule has 1 amide bonds. The number of nitrogens with zero attached hydrogens (tertiary/aromatic N) is 1. The van der Waals surface area contributed by atoms with E-state index in [9.17, 15) is 18.0 Å². The van der Waals surface area contributed by atoms with Gasteiger partial charge in [-0.05, 0) is 13.3 Å². The van der Waals surface area contributed by atoms with Crippen LogP contribution in [0.2, 0.25) is 0 Å². The number of carboxylic acids is 1. The Morgan fingerprint density at radius 1 is 1.21 bits per heavy atom. The van der Waals surface area contributed by atoms with Crippen molar-refractivity contribution in [3.8, 4) is 0 Å². The van der Waals surface area contributed by atoms with Gasteiger partial charge in [-0.25, -0.2) is 17.5 Å². The van der Waals surface area contributed by atoms with Gasteiger partial charge in [0, 0.05) is 13.1 Å². The zero-order chi connectivity index (χ0) is 15.3. The van der Waals surface area contributed by atoms with E-state index in [1.165, 1.54) is 6.92 Å². The molecule has 8 heteroatoms. The minimum Gasteiger partial charge on any atom is -0.480 e. The summed E-state index contributed by atoms with van der Waals surface area (Å²) in [6.45, 7) is 6.84. The summed E-state index contributed by atoms with van der Waals surface area (Å²) in [6, 6.07) is 0. The Morgan fingerprint density at radius 3 is 2.00 bits per heavy atom. The summed E-state index contributed by atoms with van der Waals surface area (Å²) in [7, 11) is -3.70. The fourth-order valence-electron chi connectivity index (χ4n) is 1.51. The third-order valence-corrected chi connectivity index (χ3v) is 4.94. The molecule has 1 unspecified atom stereocenters. The average Bonchev–Trinajstić information content (AvgIpc) is 2.28. The standard InChI is InChI=1S/C11H22N2O5S/c1-5-11(4,10(15)16)12-9(14)8-19(17,18)13(6-2)7-3/h5-8H2,1-4H3,(H,12,14)(H,15,16). The molecule has 0 heterocycles. The molecule has 0 aromatic heterocycles. The van der Waals surface area contributed by atoms with Gasteiger partial charge in [0.2, 0.25) is 15.9 Å². The Hall–Kier alpha value is -1.15. The fraction of sp³-hybridized carbons (Fsp3) is 0.818. The number of carbonyl (C=O) groups excluding carboxylic acids is 1. The zero-order valence-electron chi connectivity index (χ0n) is 11.8. The zero-order valence-corrected chi connectivity index (χ0v) is 12.6. The molecular formula is C11H22N2O5S.